The highest BCUT2D eigenvalue weighted by atomic mass is 79.9. The van der Waals surface area contributed by atoms with Crippen molar-refractivity contribution in [3.63, 3.8) is 0 Å². The summed E-state index contributed by atoms with van der Waals surface area (Å²) in [5.41, 5.74) is 6.96. The molecule has 1 aromatic carbocycles. The summed E-state index contributed by atoms with van der Waals surface area (Å²) < 4.78 is 14.5. The van der Waals surface area contributed by atoms with Gasteiger partial charge in [-0.3, -0.25) is 0 Å². The average molecular weight is 308 g/mol. The van der Waals surface area contributed by atoms with Crippen LogP contribution in [-0.4, -0.2) is 19.9 Å². The summed E-state index contributed by atoms with van der Waals surface area (Å²) in [6.45, 7) is 0. The molecule has 0 atom stereocenters. The van der Waals surface area contributed by atoms with Crippen molar-refractivity contribution >= 4 is 32.9 Å². The molecule has 2 heterocycles. The van der Waals surface area contributed by atoms with Gasteiger partial charge in [0.2, 0.25) is 0 Å². The zero-order valence-electron chi connectivity index (χ0n) is 8.98. The molecule has 0 bridgehead atoms. The lowest BCUT2D eigenvalue weighted by Gasteiger charge is -1.99. The lowest BCUT2D eigenvalue weighted by molar-refractivity contribution is 0.630. The number of imidazole rings is 1. The van der Waals surface area contributed by atoms with Gasteiger partial charge in [-0.25, -0.2) is 19.3 Å². The normalized spacial score (nSPS) is 11.0. The van der Waals surface area contributed by atoms with Crippen molar-refractivity contribution < 1.29 is 4.39 Å². The maximum atomic E-state index is 13.7. The molecule has 0 aliphatic rings. The minimum Gasteiger partial charge on any atom is -0.382 e. The molecular formula is C11H7BrFN5. The predicted molar refractivity (Wildman–Crippen MR) is 69.2 cm³/mol. The van der Waals surface area contributed by atoms with Crippen LogP contribution in [-0.2, 0) is 0 Å². The summed E-state index contributed by atoms with van der Waals surface area (Å²) in [4.78, 5) is 14.9. The Morgan fingerprint density at radius 3 is 2.89 bits per heavy atom. The van der Waals surface area contributed by atoms with E-state index in [0.29, 0.717) is 22.6 Å². The number of anilines is 1. The second-order valence-corrected chi connectivity index (χ2v) is 4.58. The van der Waals surface area contributed by atoms with E-state index in [4.69, 9.17) is 5.73 Å². The van der Waals surface area contributed by atoms with Gasteiger partial charge in [0.25, 0.3) is 0 Å². The molecule has 0 radical (unpaired) electrons. The van der Waals surface area contributed by atoms with E-state index in [1.54, 1.807) is 12.1 Å². The second-order valence-electron chi connectivity index (χ2n) is 3.67. The number of halogens is 2. The van der Waals surface area contributed by atoms with Crippen LogP contribution in [0, 0.1) is 5.82 Å². The number of nitrogens with zero attached hydrogens (tertiary/aromatic N) is 3. The zero-order chi connectivity index (χ0) is 12.7. The maximum Gasteiger partial charge on any atom is 0.183 e. The Bertz CT molecular complexity index is 739. The standard InChI is InChI=1S/C11H7BrFN5/c12-5-1-2-7(13)6(3-5)10-17-8-9(14)15-4-16-11(8)18-10/h1-4H,(H3,14,15,16,17,18). The van der Waals surface area contributed by atoms with E-state index >= 15 is 0 Å². The van der Waals surface area contributed by atoms with Crippen LogP contribution in [0.2, 0.25) is 0 Å². The van der Waals surface area contributed by atoms with E-state index in [0.717, 1.165) is 4.47 Å². The molecule has 0 amide bonds. The first kappa shape index (κ1) is 11.1. The molecule has 0 aliphatic heterocycles. The minimum absolute atomic E-state index is 0.286. The molecule has 0 aliphatic carbocycles. The van der Waals surface area contributed by atoms with Gasteiger partial charge in [-0.1, -0.05) is 15.9 Å². The summed E-state index contributed by atoms with van der Waals surface area (Å²) in [6, 6.07) is 4.62. The SMILES string of the molecule is Nc1ncnc2nc(-c3cc(Br)ccc3F)[nH]c12. The third-order valence-corrected chi connectivity index (χ3v) is 2.99. The van der Waals surface area contributed by atoms with Crippen LogP contribution in [0.3, 0.4) is 0 Å². The number of H-pyrrole nitrogens is 1. The Hall–Kier alpha value is -2.02. The monoisotopic (exact) mass is 307 g/mol. The van der Waals surface area contributed by atoms with E-state index in [1.165, 1.54) is 12.4 Å². The van der Waals surface area contributed by atoms with Crippen molar-refractivity contribution in [1.29, 1.82) is 0 Å². The smallest absolute Gasteiger partial charge is 0.183 e. The Balaban J connectivity index is 2.26. The van der Waals surface area contributed by atoms with Crippen LogP contribution in [0.15, 0.2) is 29.0 Å². The van der Waals surface area contributed by atoms with Gasteiger partial charge in [-0.05, 0) is 18.2 Å². The Kier molecular flexibility index (Phi) is 2.48. The molecule has 18 heavy (non-hydrogen) atoms. The molecule has 3 N–H and O–H groups in total. The van der Waals surface area contributed by atoms with Crippen LogP contribution in [0.5, 0.6) is 0 Å². The van der Waals surface area contributed by atoms with Crippen LogP contribution < -0.4 is 5.73 Å². The minimum atomic E-state index is -0.371. The van der Waals surface area contributed by atoms with E-state index in [-0.39, 0.29) is 11.6 Å². The summed E-state index contributed by atoms with van der Waals surface area (Å²) in [5, 5.41) is 0. The maximum absolute atomic E-state index is 13.7. The number of benzene rings is 1. The number of nitrogens with two attached hydrogens (primary N) is 1. The zero-order valence-corrected chi connectivity index (χ0v) is 10.6. The van der Waals surface area contributed by atoms with Gasteiger partial charge in [0.1, 0.15) is 23.5 Å². The van der Waals surface area contributed by atoms with Crippen molar-refractivity contribution in [2.75, 3.05) is 5.73 Å². The van der Waals surface area contributed by atoms with Crippen LogP contribution in [0.4, 0.5) is 10.2 Å². The average Bonchev–Trinajstić information content (AvgIpc) is 2.77. The Labute approximate surface area is 109 Å². The summed E-state index contributed by atoms with van der Waals surface area (Å²) in [5.74, 6) is 0.286. The van der Waals surface area contributed by atoms with Gasteiger partial charge in [0, 0.05) is 4.47 Å². The largest absolute Gasteiger partial charge is 0.382 e. The fraction of sp³-hybridized carbons (Fsp3) is 0. The van der Waals surface area contributed by atoms with Crippen molar-refractivity contribution in [2.24, 2.45) is 0 Å². The van der Waals surface area contributed by atoms with Crippen molar-refractivity contribution in [3.8, 4) is 11.4 Å². The molecule has 7 heteroatoms. The molecule has 2 aromatic heterocycles. The van der Waals surface area contributed by atoms with E-state index in [9.17, 15) is 4.39 Å². The summed E-state index contributed by atoms with van der Waals surface area (Å²) in [6.07, 6.45) is 1.32. The van der Waals surface area contributed by atoms with Gasteiger partial charge < -0.3 is 10.7 Å². The van der Waals surface area contributed by atoms with E-state index in [1.807, 2.05) is 0 Å². The van der Waals surface area contributed by atoms with Gasteiger partial charge in [-0.15, -0.1) is 0 Å². The summed E-state index contributed by atoms with van der Waals surface area (Å²) in [7, 11) is 0. The Morgan fingerprint density at radius 2 is 2.11 bits per heavy atom. The van der Waals surface area contributed by atoms with Crippen LogP contribution in [0.1, 0.15) is 0 Å². The number of nitrogens with one attached hydrogen (secondary N) is 1. The first-order chi connectivity index (χ1) is 8.65. The van der Waals surface area contributed by atoms with Crippen LogP contribution >= 0.6 is 15.9 Å². The molecular weight excluding hydrogens is 301 g/mol. The second kappa shape index (κ2) is 4.02. The van der Waals surface area contributed by atoms with Crippen molar-refractivity contribution in [3.05, 3.63) is 34.8 Å². The highest BCUT2D eigenvalue weighted by Gasteiger charge is 2.12. The van der Waals surface area contributed by atoms with Gasteiger partial charge in [0.15, 0.2) is 11.5 Å². The first-order valence-electron chi connectivity index (χ1n) is 5.07. The van der Waals surface area contributed by atoms with Crippen molar-refractivity contribution in [1.82, 2.24) is 19.9 Å². The number of hydrogen-bond acceptors (Lipinski definition) is 4. The van der Waals surface area contributed by atoms with E-state index in [2.05, 4.69) is 35.9 Å². The third-order valence-electron chi connectivity index (χ3n) is 2.50. The molecule has 3 aromatic rings. The fourth-order valence-electron chi connectivity index (χ4n) is 1.65. The lowest BCUT2D eigenvalue weighted by Crippen LogP contribution is -1.91. The molecule has 5 nitrogen and oxygen atoms in total. The number of aromatic nitrogens is 4. The number of rotatable bonds is 1. The van der Waals surface area contributed by atoms with Crippen molar-refractivity contribution in [2.45, 2.75) is 0 Å². The number of hydrogen-bond donors (Lipinski definition) is 2. The molecule has 0 saturated heterocycles. The number of aromatic amines is 1. The molecule has 0 spiro atoms. The quantitative estimate of drug-likeness (QED) is 0.724. The highest BCUT2D eigenvalue weighted by molar-refractivity contribution is 9.10. The number of fused-ring (bicyclic) bond motifs is 1. The predicted octanol–water partition coefficient (Wildman–Crippen LogP) is 2.50. The molecule has 3 rings (SSSR count). The molecule has 0 saturated carbocycles. The lowest BCUT2D eigenvalue weighted by atomic mass is 10.2. The van der Waals surface area contributed by atoms with Gasteiger partial charge in [-0.2, -0.15) is 0 Å². The molecule has 90 valence electrons. The highest BCUT2D eigenvalue weighted by Crippen LogP contribution is 2.26. The molecule has 0 fully saturated rings. The van der Waals surface area contributed by atoms with Gasteiger partial charge >= 0.3 is 0 Å². The van der Waals surface area contributed by atoms with Crippen LogP contribution in [0.25, 0.3) is 22.6 Å². The first-order valence-corrected chi connectivity index (χ1v) is 5.86. The third kappa shape index (κ3) is 1.72. The fourth-order valence-corrected chi connectivity index (χ4v) is 2.01. The Morgan fingerprint density at radius 1 is 1.28 bits per heavy atom. The van der Waals surface area contributed by atoms with Gasteiger partial charge in [0.05, 0.1) is 5.56 Å². The topological polar surface area (TPSA) is 80.5 Å². The summed E-state index contributed by atoms with van der Waals surface area (Å²) >= 11 is 3.29. The number of nitrogen functional groups attached to an aromatic ring is 1. The van der Waals surface area contributed by atoms with E-state index < -0.39 is 0 Å². The molecule has 0 unspecified atom stereocenters.